The van der Waals surface area contributed by atoms with Gasteiger partial charge in [-0.1, -0.05) is 18.2 Å². The highest BCUT2D eigenvalue weighted by atomic mass is 19.1. The minimum absolute atomic E-state index is 0.144. The van der Waals surface area contributed by atoms with Crippen LogP contribution < -0.4 is 0 Å². The molecule has 0 N–H and O–H groups in total. The van der Waals surface area contributed by atoms with Crippen molar-refractivity contribution in [3.63, 3.8) is 0 Å². The normalized spacial score (nSPS) is 28.9. The molecule has 1 aromatic rings. The maximum Gasteiger partial charge on any atom is 0.123 e. The van der Waals surface area contributed by atoms with Crippen molar-refractivity contribution in [2.24, 2.45) is 11.8 Å². The molecule has 2 aliphatic rings. The van der Waals surface area contributed by atoms with E-state index in [1.54, 1.807) is 18.2 Å². The van der Waals surface area contributed by atoms with Gasteiger partial charge in [-0.05, 0) is 99.7 Å². The van der Waals surface area contributed by atoms with E-state index in [-0.39, 0.29) is 5.82 Å². The lowest BCUT2D eigenvalue weighted by atomic mass is 9.79. The quantitative estimate of drug-likeness (QED) is 0.512. The Labute approximate surface area is 163 Å². The number of halogens is 1. The topological polar surface area (TPSA) is 33.0 Å². The average molecular weight is 370 g/mol. The molecule has 3 rings (SSSR count). The standard InChI is InChI=1S/C24H32FNO/c25-23-13-11-22(12-14-23)21-9-5-20(6-10-21)18-27-24-15-7-19(8-16-24)4-2-1-3-17-26/h1,3,11-14,19-21,24H,2,4-10,15-16,18H2/b3-1+. The molecule has 27 heavy (non-hydrogen) atoms. The van der Waals surface area contributed by atoms with Gasteiger partial charge >= 0.3 is 0 Å². The first-order valence-corrected chi connectivity index (χ1v) is 10.7. The molecule has 0 bridgehead atoms. The van der Waals surface area contributed by atoms with E-state index >= 15 is 0 Å². The van der Waals surface area contributed by atoms with E-state index in [1.807, 2.05) is 18.2 Å². The van der Waals surface area contributed by atoms with Gasteiger partial charge in [0.25, 0.3) is 0 Å². The highest BCUT2D eigenvalue weighted by molar-refractivity contribution is 5.20. The second-order valence-electron chi connectivity index (χ2n) is 8.35. The Morgan fingerprint density at radius 3 is 2.30 bits per heavy atom. The number of hydrogen-bond acceptors (Lipinski definition) is 2. The van der Waals surface area contributed by atoms with Crippen LogP contribution in [-0.2, 0) is 4.74 Å². The minimum Gasteiger partial charge on any atom is -0.378 e. The molecular formula is C24H32FNO. The second kappa shape index (κ2) is 10.6. The first-order chi connectivity index (χ1) is 13.2. The summed E-state index contributed by atoms with van der Waals surface area (Å²) in [5.74, 6) is 1.94. The molecule has 2 aliphatic carbocycles. The average Bonchev–Trinajstić information content (AvgIpc) is 2.72. The van der Waals surface area contributed by atoms with Crippen LogP contribution in [0.15, 0.2) is 36.4 Å². The summed E-state index contributed by atoms with van der Waals surface area (Å²) >= 11 is 0. The third-order valence-corrected chi connectivity index (χ3v) is 6.48. The van der Waals surface area contributed by atoms with Crippen LogP contribution in [0, 0.1) is 29.0 Å². The molecule has 1 aromatic carbocycles. The first kappa shape index (κ1) is 20.1. The van der Waals surface area contributed by atoms with Crippen molar-refractivity contribution in [2.45, 2.75) is 76.2 Å². The van der Waals surface area contributed by atoms with Crippen LogP contribution in [0.4, 0.5) is 4.39 Å². The van der Waals surface area contributed by atoms with Crippen molar-refractivity contribution in [2.75, 3.05) is 6.61 Å². The zero-order valence-corrected chi connectivity index (χ0v) is 16.3. The molecular weight excluding hydrogens is 337 g/mol. The molecule has 0 saturated heterocycles. The van der Waals surface area contributed by atoms with Gasteiger partial charge in [0.2, 0.25) is 0 Å². The van der Waals surface area contributed by atoms with E-state index in [9.17, 15) is 4.39 Å². The summed E-state index contributed by atoms with van der Waals surface area (Å²) < 4.78 is 19.3. The van der Waals surface area contributed by atoms with Gasteiger partial charge in [0, 0.05) is 12.7 Å². The van der Waals surface area contributed by atoms with Gasteiger partial charge in [-0.15, -0.1) is 0 Å². The lowest BCUT2D eigenvalue weighted by molar-refractivity contribution is -0.00824. The van der Waals surface area contributed by atoms with Gasteiger partial charge in [-0.25, -0.2) is 4.39 Å². The fourth-order valence-corrected chi connectivity index (χ4v) is 4.72. The summed E-state index contributed by atoms with van der Waals surface area (Å²) in [6, 6.07) is 9.13. The van der Waals surface area contributed by atoms with Gasteiger partial charge in [-0.2, -0.15) is 5.26 Å². The molecule has 2 nitrogen and oxygen atoms in total. The molecule has 146 valence electrons. The predicted molar refractivity (Wildman–Crippen MR) is 107 cm³/mol. The van der Waals surface area contributed by atoms with E-state index < -0.39 is 0 Å². The Balaban J connectivity index is 1.30. The number of ether oxygens (including phenoxy) is 1. The van der Waals surface area contributed by atoms with E-state index in [2.05, 4.69) is 6.07 Å². The summed E-state index contributed by atoms with van der Waals surface area (Å²) in [6.45, 7) is 0.913. The molecule has 0 amide bonds. The van der Waals surface area contributed by atoms with Crippen LogP contribution >= 0.6 is 0 Å². The van der Waals surface area contributed by atoms with Crippen molar-refractivity contribution < 1.29 is 9.13 Å². The second-order valence-corrected chi connectivity index (χ2v) is 8.35. The Hall–Kier alpha value is -1.66. The number of allylic oxidation sites excluding steroid dienone is 2. The molecule has 0 heterocycles. The van der Waals surface area contributed by atoms with Crippen molar-refractivity contribution in [3.8, 4) is 6.07 Å². The van der Waals surface area contributed by atoms with Gasteiger partial charge in [0.15, 0.2) is 0 Å². The van der Waals surface area contributed by atoms with E-state index in [1.165, 1.54) is 63.4 Å². The Kier molecular flexibility index (Phi) is 7.90. The molecule has 0 atom stereocenters. The fraction of sp³-hybridized carbons (Fsp3) is 0.625. The predicted octanol–water partition coefficient (Wildman–Crippen LogP) is 6.53. The largest absolute Gasteiger partial charge is 0.378 e. The van der Waals surface area contributed by atoms with Crippen LogP contribution in [0.5, 0.6) is 0 Å². The highest BCUT2D eigenvalue weighted by Crippen LogP contribution is 2.37. The summed E-state index contributed by atoms with van der Waals surface area (Å²) in [4.78, 5) is 0. The zero-order valence-electron chi connectivity index (χ0n) is 16.3. The summed E-state index contributed by atoms with van der Waals surface area (Å²) in [5.41, 5.74) is 1.29. The van der Waals surface area contributed by atoms with Crippen LogP contribution in [0.1, 0.15) is 75.7 Å². The molecule has 0 spiro atoms. The van der Waals surface area contributed by atoms with Crippen LogP contribution in [0.25, 0.3) is 0 Å². The van der Waals surface area contributed by atoms with E-state index in [0.29, 0.717) is 17.9 Å². The van der Waals surface area contributed by atoms with Crippen molar-refractivity contribution in [3.05, 3.63) is 47.8 Å². The molecule has 3 heteroatoms. The summed E-state index contributed by atoms with van der Waals surface area (Å²) in [5, 5.41) is 8.52. The number of benzene rings is 1. The van der Waals surface area contributed by atoms with Gasteiger partial charge < -0.3 is 4.74 Å². The van der Waals surface area contributed by atoms with Gasteiger partial charge in [0.05, 0.1) is 12.2 Å². The Morgan fingerprint density at radius 1 is 0.963 bits per heavy atom. The van der Waals surface area contributed by atoms with Crippen molar-refractivity contribution in [1.82, 2.24) is 0 Å². The number of nitrogens with zero attached hydrogens (tertiary/aromatic N) is 1. The number of rotatable bonds is 7. The number of hydrogen-bond donors (Lipinski definition) is 0. The van der Waals surface area contributed by atoms with Crippen LogP contribution in [0.3, 0.4) is 0 Å². The fourth-order valence-electron chi connectivity index (χ4n) is 4.72. The third kappa shape index (κ3) is 6.47. The monoisotopic (exact) mass is 369 g/mol. The van der Waals surface area contributed by atoms with Gasteiger partial charge in [0.1, 0.15) is 5.82 Å². The molecule has 2 saturated carbocycles. The summed E-state index contributed by atoms with van der Waals surface area (Å²) in [6.07, 6.45) is 16.0. The Morgan fingerprint density at radius 2 is 1.63 bits per heavy atom. The molecule has 0 aromatic heterocycles. The van der Waals surface area contributed by atoms with Crippen LogP contribution in [-0.4, -0.2) is 12.7 Å². The van der Waals surface area contributed by atoms with Crippen molar-refractivity contribution >= 4 is 0 Å². The van der Waals surface area contributed by atoms with Crippen LogP contribution in [0.2, 0.25) is 0 Å². The minimum atomic E-state index is -0.144. The zero-order chi connectivity index (χ0) is 18.9. The smallest absolute Gasteiger partial charge is 0.123 e. The summed E-state index contributed by atoms with van der Waals surface area (Å²) in [7, 11) is 0. The van der Waals surface area contributed by atoms with E-state index in [4.69, 9.17) is 10.00 Å². The Bertz CT molecular complexity index is 617. The maximum absolute atomic E-state index is 13.1. The SMILES string of the molecule is N#C/C=C/CCC1CCC(OCC2CCC(c3ccc(F)cc3)CC2)CC1. The van der Waals surface area contributed by atoms with Gasteiger partial charge in [-0.3, -0.25) is 0 Å². The third-order valence-electron chi connectivity index (χ3n) is 6.48. The lowest BCUT2D eigenvalue weighted by Crippen LogP contribution is -2.25. The first-order valence-electron chi connectivity index (χ1n) is 10.7. The highest BCUT2D eigenvalue weighted by Gasteiger charge is 2.25. The van der Waals surface area contributed by atoms with Crippen molar-refractivity contribution in [1.29, 1.82) is 5.26 Å². The molecule has 0 aliphatic heterocycles. The maximum atomic E-state index is 13.1. The molecule has 2 fully saturated rings. The number of nitriles is 1. The lowest BCUT2D eigenvalue weighted by Gasteiger charge is -2.32. The molecule has 0 unspecified atom stereocenters. The molecule has 0 radical (unpaired) electrons. The van der Waals surface area contributed by atoms with E-state index in [0.717, 1.165) is 18.9 Å².